The van der Waals surface area contributed by atoms with Crippen LogP contribution in [0.2, 0.25) is 0 Å². The summed E-state index contributed by atoms with van der Waals surface area (Å²) in [5.74, 6) is -0.00219. The monoisotopic (exact) mass is 263 g/mol. The predicted octanol–water partition coefficient (Wildman–Crippen LogP) is 1.09. The van der Waals surface area contributed by atoms with Crippen LogP contribution >= 0.6 is 0 Å². The van der Waals surface area contributed by atoms with Crippen molar-refractivity contribution in [2.24, 2.45) is 0 Å². The first-order valence-corrected chi connectivity index (χ1v) is 8.45. The van der Waals surface area contributed by atoms with Gasteiger partial charge in [0.1, 0.15) is 0 Å². The molecular weight excluding hydrogens is 238 g/mol. The number of sulfone groups is 1. The average Bonchev–Trinajstić information content (AvgIpc) is 2.49. The molecular formula is C12H25NO3S. The summed E-state index contributed by atoms with van der Waals surface area (Å²) in [6.45, 7) is 4.28. The number of aliphatic hydroxyl groups is 1. The van der Waals surface area contributed by atoms with Gasteiger partial charge in [0, 0.05) is 12.1 Å². The van der Waals surface area contributed by atoms with Crippen LogP contribution in [0.5, 0.6) is 0 Å². The molecule has 0 aromatic heterocycles. The lowest BCUT2D eigenvalue weighted by Gasteiger charge is -2.23. The van der Waals surface area contributed by atoms with Gasteiger partial charge in [-0.05, 0) is 12.8 Å². The molecule has 1 aliphatic heterocycles. The van der Waals surface area contributed by atoms with Crippen molar-refractivity contribution in [2.45, 2.75) is 64.1 Å². The fourth-order valence-corrected chi connectivity index (χ4v) is 4.16. The Labute approximate surface area is 105 Å². The van der Waals surface area contributed by atoms with Crippen LogP contribution in [0.3, 0.4) is 0 Å². The average molecular weight is 263 g/mol. The van der Waals surface area contributed by atoms with Gasteiger partial charge in [-0.25, -0.2) is 8.42 Å². The Morgan fingerprint density at radius 3 is 2.41 bits per heavy atom. The molecule has 3 atom stereocenters. The van der Waals surface area contributed by atoms with Crippen molar-refractivity contribution in [3.63, 3.8) is 0 Å². The highest BCUT2D eigenvalue weighted by molar-refractivity contribution is 7.91. The Morgan fingerprint density at radius 2 is 1.94 bits per heavy atom. The van der Waals surface area contributed by atoms with E-state index in [4.69, 9.17) is 0 Å². The molecule has 1 saturated heterocycles. The Hall–Kier alpha value is -0.130. The van der Waals surface area contributed by atoms with Crippen LogP contribution in [0.15, 0.2) is 0 Å². The zero-order valence-corrected chi connectivity index (χ0v) is 11.7. The highest BCUT2D eigenvalue weighted by Gasteiger charge is 2.37. The van der Waals surface area contributed by atoms with Gasteiger partial charge < -0.3 is 10.4 Å². The lowest BCUT2D eigenvalue weighted by atomic mass is 10.0. The first kappa shape index (κ1) is 14.9. The Kier molecular flexibility index (Phi) is 5.89. The molecule has 0 aliphatic carbocycles. The second kappa shape index (κ2) is 6.71. The number of aliphatic hydroxyl groups excluding tert-OH is 1. The van der Waals surface area contributed by atoms with Gasteiger partial charge in [-0.15, -0.1) is 0 Å². The van der Waals surface area contributed by atoms with E-state index in [1.807, 2.05) is 0 Å². The Bertz CT molecular complexity index is 316. The van der Waals surface area contributed by atoms with Gasteiger partial charge in [-0.3, -0.25) is 0 Å². The van der Waals surface area contributed by atoms with E-state index in [9.17, 15) is 13.5 Å². The molecule has 1 heterocycles. The van der Waals surface area contributed by atoms with Gasteiger partial charge in [-0.1, -0.05) is 33.1 Å². The van der Waals surface area contributed by atoms with Crippen molar-refractivity contribution in [1.82, 2.24) is 5.32 Å². The van der Waals surface area contributed by atoms with Crippen LogP contribution in [0, 0.1) is 0 Å². The molecule has 0 amide bonds. The van der Waals surface area contributed by atoms with Gasteiger partial charge in [0.2, 0.25) is 0 Å². The molecule has 0 radical (unpaired) electrons. The summed E-state index contributed by atoms with van der Waals surface area (Å²) in [6, 6.07) is 0.0707. The first-order valence-electron chi connectivity index (χ1n) is 6.63. The third-order valence-corrected chi connectivity index (χ3v) is 5.03. The highest BCUT2D eigenvalue weighted by atomic mass is 32.2. The quantitative estimate of drug-likeness (QED) is 0.721. The minimum Gasteiger partial charge on any atom is -0.390 e. The van der Waals surface area contributed by atoms with E-state index in [0.29, 0.717) is 6.04 Å². The zero-order chi connectivity index (χ0) is 12.9. The smallest absolute Gasteiger partial charge is 0.154 e. The van der Waals surface area contributed by atoms with Gasteiger partial charge in [0.15, 0.2) is 9.84 Å². The van der Waals surface area contributed by atoms with Crippen LogP contribution in [0.4, 0.5) is 0 Å². The van der Waals surface area contributed by atoms with Crippen molar-refractivity contribution in [3.05, 3.63) is 0 Å². The van der Waals surface area contributed by atoms with Gasteiger partial charge >= 0.3 is 0 Å². The van der Waals surface area contributed by atoms with Crippen molar-refractivity contribution in [3.8, 4) is 0 Å². The number of nitrogens with one attached hydrogen (secondary N) is 1. The van der Waals surface area contributed by atoms with Gasteiger partial charge in [-0.2, -0.15) is 0 Å². The fourth-order valence-electron chi connectivity index (χ4n) is 2.40. The summed E-state index contributed by atoms with van der Waals surface area (Å²) in [5.41, 5.74) is 0. The van der Waals surface area contributed by atoms with E-state index in [2.05, 4.69) is 19.2 Å². The molecule has 0 spiro atoms. The summed E-state index contributed by atoms with van der Waals surface area (Å²) in [5, 5.41) is 13.1. The zero-order valence-electron chi connectivity index (χ0n) is 10.9. The maximum Gasteiger partial charge on any atom is 0.154 e. The number of hydrogen-bond donors (Lipinski definition) is 2. The summed E-state index contributed by atoms with van der Waals surface area (Å²) in [4.78, 5) is 0. The molecule has 0 saturated carbocycles. The van der Waals surface area contributed by atoms with Crippen LogP contribution in [-0.2, 0) is 9.84 Å². The summed E-state index contributed by atoms with van der Waals surface area (Å²) < 4.78 is 22.8. The van der Waals surface area contributed by atoms with Gasteiger partial charge in [0.05, 0.1) is 17.6 Å². The highest BCUT2D eigenvalue weighted by Crippen LogP contribution is 2.16. The molecule has 0 bridgehead atoms. The van der Waals surface area contributed by atoms with Crippen molar-refractivity contribution >= 4 is 9.84 Å². The van der Waals surface area contributed by atoms with Crippen molar-refractivity contribution in [2.75, 3.05) is 11.5 Å². The molecule has 1 rings (SSSR count). The topological polar surface area (TPSA) is 66.4 Å². The maximum atomic E-state index is 11.4. The number of rotatable bonds is 7. The normalized spacial score (nSPS) is 29.4. The Balaban J connectivity index is 2.49. The van der Waals surface area contributed by atoms with E-state index < -0.39 is 15.9 Å². The Morgan fingerprint density at radius 1 is 1.24 bits per heavy atom. The summed E-state index contributed by atoms with van der Waals surface area (Å²) in [6.07, 6.45) is 4.75. The van der Waals surface area contributed by atoms with Crippen molar-refractivity contribution < 1.29 is 13.5 Å². The second-order valence-electron chi connectivity index (χ2n) is 5.05. The third-order valence-electron chi connectivity index (χ3n) is 3.32. The summed E-state index contributed by atoms with van der Waals surface area (Å²) >= 11 is 0. The largest absolute Gasteiger partial charge is 0.390 e. The lowest BCUT2D eigenvalue weighted by Crippen LogP contribution is -2.45. The minimum absolute atomic E-state index is 0.0838. The molecule has 1 fully saturated rings. The van der Waals surface area contributed by atoms with E-state index in [-0.39, 0.29) is 17.5 Å². The van der Waals surface area contributed by atoms with Crippen LogP contribution in [0.1, 0.15) is 46.0 Å². The molecule has 3 unspecified atom stereocenters. The molecule has 102 valence electrons. The molecule has 2 N–H and O–H groups in total. The third kappa shape index (κ3) is 4.94. The SMILES string of the molecule is CCCCC(CCC)NC1CS(=O)(=O)CC1O. The second-order valence-corrected chi connectivity index (χ2v) is 7.20. The van der Waals surface area contributed by atoms with E-state index in [1.165, 1.54) is 0 Å². The number of unbranched alkanes of at least 4 members (excludes halogenated alkanes) is 1. The van der Waals surface area contributed by atoms with E-state index in [0.717, 1.165) is 32.1 Å². The van der Waals surface area contributed by atoms with Gasteiger partial charge in [0.25, 0.3) is 0 Å². The maximum absolute atomic E-state index is 11.4. The molecule has 0 aromatic rings. The fraction of sp³-hybridized carbons (Fsp3) is 1.00. The first-order chi connectivity index (χ1) is 7.98. The molecule has 17 heavy (non-hydrogen) atoms. The standard InChI is InChI=1S/C12H25NO3S/c1-3-5-7-10(6-4-2)13-11-8-17(15,16)9-12(11)14/h10-14H,3-9H2,1-2H3. The van der Waals surface area contributed by atoms with E-state index in [1.54, 1.807) is 0 Å². The molecule has 0 aromatic carbocycles. The molecule has 4 nitrogen and oxygen atoms in total. The summed E-state index contributed by atoms with van der Waals surface area (Å²) in [7, 11) is -3.04. The predicted molar refractivity (Wildman–Crippen MR) is 69.8 cm³/mol. The van der Waals surface area contributed by atoms with Crippen molar-refractivity contribution in [1.29, 1.82) is 0 Å². The van der Waals surface area contributed by atoms with E-state index >= 15 is 0 Å². The lowest BCUT2D eigenvalue weighted by molar-refractivity contribution is 0.156. The number of hydrogen-bond acceptors (Lipinski definition) is 4. The minimum atomic E-state index is -3.04. The van der Waals surface area contributed by atoms with Crippen LogP contribution in [-0.4, -0.2) is 43.2 Å². The molecule has 1 aliphatic rings. The van der Waals surface area contributed by atoms with Crippen LogP contribution < -0.4 is 5.32 Å². The van der Waals surface area contributed by atoms with Crippen LogP contribution in [0.25, 0.3) is 0 Å². The molecule has 5 heteroatoms.